The number of nitrogens with zero attached hydrogens (tertiary/aromatic N) is 4. The number of carbonyl (C=O) groups is 2. The summed E-state index contributed by atoms with van der Waals surface area (Å²) in [4.78, 5) is 29.1. The fraction of sp³-hybridized carbons (Fsp3) is 0.571. The van der Waals surface area contributed by atoms with Gasteiger partial charge in [0.05, 0.1) is 18.3 Å². The van der Waals surface area contributed by atoms with Crippen molar-refractivity contribution in [2.45, 2.75) is 45.3 Å². The minimum absolute atomic E-state index is 0.0912. The number of hydrogen-bond donors (Lipinski definition) is 2. The smallest absolute Gasteiger partial charge is 0.239 e. The number of imidazole rings is 1. The number of fused-ring (bicyclic) bond motifs is 1. The first-order valence-electron chi connectivity index (χ1n) is 7.29. The second-order valence-corrected chi connectivity index (χ2v) is 5.31. The van der Waals surface area contributed by atoms with Crippen LogP contribution in [0.2, 0.25) is 0 Å². The van der Waals surface area contributed by atoms with Gasteiger partial charge in [-0.3, -0.25) is 9.59 Å². The summed E-state index contributed by atoms with van der Waals surface area (Å²) in [6, 6.07) is 1.43. The molecule has 0 saturated heterocycles. The Bertz CT molecular complexity index is 630. The molecule has 0 fully saturated rings. The lowest BCUT2D eigenvalue weighted by Crippen LogP contribution is -2.47. The first kappa shape index (κ1) is 16.0. The normalized spacial score (nSPS) is 15.0. The van der Waals surface area contributed by atoms with E-state index in [2.05, 4.69) is 11.1 Å². The topological polar surface area (TPSA) is 131 Å². The zero-order valence-electron chi connectivity index (χ0n) is 12.6. The van der Waals surface area contributed by atoms with Crippen molar-refractivity contribution in [3.05, 3.63) is 17.2 Å². The summed E-state index contributed by atoms with van der Waals surface area (Å²) in [6.07, 6.45) is 1.01. The van der Waals surface area contributed by atoms with Crippen molar-refractivity contribution < 1.29 is 9.59 Å². The average molecular weight is 304 g/mol. The molecule has 1 aliphatic rings. The van der Waals surface area contributed by atoms with Gasteiger partial charge in [0.15, 0.2) is 0 Å². The van der Waals surface area contributed by atoms with E-state index >= 15 is 0 Å². The molecule has 2 rings (SSSR count). The van der Waals surface area contributed by atoms with E-state index in [4.69, 9.17) is 11.5 Å². The quantitative estimate of drug-likeness (QED) is 0.739. The Labute approximate surface area is 128 Å². The van der Waals surface area contributed by atoms with Crippen LogP contribution in [-0.4, -0.2) is 38.9 Å². The third-order valence-corrected chi connectivity index (χ3v) is 3.82. The second-order valence-electron chi connectivity index (χ2n) is 5.31. The highest BCUT2D eigenvalue weighted by Crippen LogP contribution is 2.19. The Morgan fingerprint density at radius 1 is 1.45 bits per heavy atom. The lowest BCUT2D eigenvalue weighted by molar-refractivity contribution is -0.134. The highest BCUT2D eigenvalue weighted by molar-refractivity contribution is 5.82. The van der Waals surface area contributed by atoms with Crippen molar-refractivity contribution >= 4 is 11.8 Å². The molecule has 2 amide bonds. The van der Waals surface area contributed by atoms with Crippen molar-refractivity contribution in [3.63, 3.8) is 0 Å². The molecular formula is C14H20N6O2. The molecule has 0 aromatic carbocycles. The number of hydrogen-bond acceptors (Lipinski definition) is 5. The van der Waals surface area contributed by atoms with Gasteiger partial charge < -0.3 is 20.9 Å². The molecule has 1 atom stereocenters. The van der Waals surface area contributed by atoms with Crippen LogP contribution in [0.5, 0.6) is 0 Å². The van der Waals surface area contributed by atoms with Gasteiger partial charge in [-0.15, -0.1) is 0 Å². The highest BCUT2D eigenvalue weighted by atomic mass is 16.2. The Hall–Kier alpha value is -2.40. The summed E-state index contributed by atoms with van der Waals surface area (Å²) in [6.45, 7) is 3.28. The molecule has 2 heterocycles. The summed E-state index contributed by atoms with van der Waals surface area (Å²) in [5.74, 6) is 0.0193. The van der Waals surface area contributed by atoms with E-state index in [9.17, 15) is 14.9 Å². The summed E-state index contributed by atoms with van der Waals surface area (Å²) in [7, 11) is 0. The maximum atomic E-state index is 12.3. The standard InChI is InChI=1S/C14H20N6O2/c1-2-10-11(7-15)20-6-5-19(8-13(20)18-10)14(22)9(16)3-4-12(17)21/h9H,2-6,8,16H2,1H3,(H2,17,21)/t9-/m0/s1. The number of rotatable bonds is 5. The van der Waals surface area contributed by atoms with E-state index in [1.807, 2.05) is 11.5 Å². The van der Waals surface area contributed by atoms with E-state index in [0.717, 1.165) is 5.69 Å². The van der Waals surface area contributed by atoms with Crippen LogP contribution in [0.25, 0.3) is 0 Å². The van der Waals surface area contributed by atoms with Crippen LogP contribution in [0.4, 0.5) is 0 Å². The molecule has 0 bridgehead atoms. The molecule has 118 valence electrons. The monoisotopic (exact) mass is 304 g/mol. The number of amides is 2. The molecule has 0 saturated carbocycles. The summed E-state index contributed by atoms with van der Waals surface area (Å²) in [5, 5.41) is 9.22. The fourth-order valence-corrected chi connectivity index (χ4v) is 2.60. The molecule has 1 aromatic heterocycles. The van der Waals surface area contributed by atoms with Crippen molar-refractivity contribution in [1.82, 2.24) is 14.5 Å². The van der Waals surface area contributed by atoms with Gasteiger partial charge in [-0.25, -0.2) is 4.98 Å². The average Bonchev–Trinajstić information content (AvgIpc) is 2.88. The first-order chi connectivity index (χ1) is 10.5. The second kappa shape index (κ2) is 6.58. The van der Waals surface area contributed by atoms with Crippen LogP contribution in [-0.2, 0) is 29.1 Å². The molecule has 8 heteroatoms. The number of primary amides is 1. The van der Waals surface area contributed by atoms with Crippen LogP contribution in [0.3, 0.4) is 0 Å². The van der Waals surface area contributed by atoms with Gasteiger partial charge in [-0.1, -0.05) is 6.92 Å². The molecule has 4 N–H and O–H groups in total. The van der Waals surface area contributed by atoms with Gasteiger partial charge in [0.25, 0.3) is 0 Å². The summed E-state index contributed by atoms with van der Waals surface area (Å²) in [5.41, 5.74) is 12.2. The number of aromatic nitrogens is 2. The third-order valence-electron chi connectivity index (χ3n) is 3.82. The molecule has 8 nitrogen and oxygen atoms in total. The molecule has 0 aliphatic carbocycles. The van der Waals surface area contributed by atoms with Gasteiger partial charge in [0.1, 0.15) is 17.6 Å². The van der Waals surface area contributed by atoms with Gasteiger partial charge in [0.2, 0.25) is 11.8 Å². The van der Waals surface area contributed by atoms with E-state index in [-0.39, 0.29) is 18.7 Å². The van der Waals surface area contributed by atoms with Crippen molar-refractivity contribution in [2.24, 2.45) is 11.5 Å². The van der Waals surface area contributed by atoms with E-state index in [1.54, 1.807) is 4.90 Å². The maximum Gasteiger partial charge on any atom is 0.239 e. The van der Waals surface area contributed by atoms with Gasteiger partial charge in [0, 0.05) is 19.5 Å². The molecule has 0 spiro atoms. The number of nitrogens with two attached hydrogens (primary N) is 2. The van der Waals surface area contributed by atoms with Crippen LogP contribution in [0.1, 0.15) is 37.0 Å². The molecule has 1 aliphatic heterocycles. The molecular weight excluding hydrogens is 284 g/mol. The zero-order valence-corrected chi connectivity index (χ0v) is 12.6. The van der Waals surface area contributed by atoms with Gasteiger partial charge >= 0.3 is 0 Å². The van der Waals surface area contributed by atoms with Crippen molar-refractivity contribution in [3.8, 4) is 6.07 Å². The Morgan fingerprint density at radius 2 is 2.18 bits per heavy atom. The molecule has 0 unspecified atom stereocenters. The molecule has 0 radical (unpaired) electrons. The fourth-order valence-electron chi connectivity index (χ4n) is 2.60. The van der Waals surface area contributed by atoms with Crippen molar-refractivity contribution in [2.75, 3.05) is 6.54 Å². The third kappa shape index (κ3) is 3.09. The van der Waals surface area contributed by atoms with Crippen LogP contribution >= 0.6 is 0 Å². The molecule has 22 heavy (non-hydrogen) atoms. The van der Waals surface area contributed by atoms with Gasteiger partial charge in [-0.05, 0) is 12.8 Å². The lowest BCUT2D eigenvalue weighted by Gasteiger charge is -2.30. The minimum atomic E-state index is -0.741. The lowest BCUT2D eigenvalue weighted by atomic mass is 10.1. The van der Waals surface area contributed by atoms with Crippen LogP contribution < -0.4 is 11.5 Å². The Kier molecular flexibility index (Phi) is 4.78. The SMILES string of the molecule is CCc1nc2n(c1C#N)CCN(C(=O)[C@@H](N)CCC(N)=O)C2. The minimum Gasteiger partial charge on any atom is -0.370 e. The summed E-state index contributed by atoms with van der Waals surface area (Å²) >= 11 is 0. The van der Waals surface area contributed by atoms with Gasteiger partial charge in [-0.2, -0.15) is 5.26 Å². The highest BCUT2D eigenvalue weighted by Gasteiger charge is 2.28. The largest absolute Gasteiger partial charge is 0.370 e. The van der Waals surface area contributed by atoms with E-state index < -0.39 is 11.9 Å². The van der Waals surface area contributed by atoms with Crippen LogP contribution in [0.15, 0.2) is 0 Å². The van der Waals surface area contributed by atoms with Crippen LogP contribution in [0, 0.1) is 11.3 Å². The predicted molar refractivity (Wildman–Crippen MR) is 78.1 cm³/mol. The number of aryl methyl sites for hydroxylation is 1. The maximum absolute atomic E-state index is 12.3. The Balaban J connectivity index is 2.09. The van der Waals surface area contributed by atoms with E-state index in [1.165, 1.54) is 0 Å². The molecule has 1 aromatic rings. The summed E-state index contributed by atoms with van der Waals surface area (Å²) < 4.78 is 1.86. The Morgan fingerprint density at radius 3 is 2.77 bits per heavy atom. The number of carbonyl (C=O) groups excluding carboxylic acids is 2. The van der Waals surface area contributed by atoms with Crippen molar-refractivity contribution in [1.29, 1.82) is 5.26 Å². The first-order valence-corrected chi connectivity index (χ1v) is 7.29. The zero-order chi connectivity index (χ0) is 16.3. The predicted octanol–water partition coefficient (Wildman–Crippen LogP) is -0.748. The number of nitriles is 1. The van der Waals surface area contributed by atoms with E-state index in [0.29, 0.717) is 37.6 Å².